The molecule has 0 radical (unpaired) electrons. The van der Waals surface area contributed by atoms with Gasteiger partial charge in [-0.15, -0.1) is 0 Å². The van der Waals surface area contributed by atoms with Crippen molar-refractivity contribution in [2.24, 2.45) is 0 Å². The largest absolute Gasteiger partial charge is 0.394 e. The predicted octanol–water partition coefficient (Wildman–Crippen LogP) is 0.615. The van der Waals surface area contributed by atoms with Gasteiger partial charge in [0.2, 0.25) is 0 Å². The molecule has 8 heteroatoms. The molecule has 0 saturated heterocycles. The quantitative estimate of drug-likeness (QED) is 0.645. The van der Waals surface area contributed by atoms with Crippen LogP contribution in [0.25, 0.3) is 11.3 Å². The van der Waals surface area contributed by atoms with Crippen LogP contribution in [-0.4, -0.2) is 27.1 Å². The van der Waals surface area contributed by atoms with E-state index in [2.05, 4.69) is 19.6 Å². The van der Waals surface area contributed by atoms with Crippen LogP contribution in [0.3, 0.4) is 0 Å². The number of rotatable bonds is 4. The molecule has 0 aliphatic carbocycles. The summed E-state index contributed by atoms with van der Waals surface area (Å²) in [7, 11) is -2.42. The van der Waals surface area contributed by atoms with Gasteiger partial charge in [-0.2, -0.15) is 0 Å². The monoisotopic (exact) mass is 267 g/mol. The van der Waals surface area contributed by atoms with Crippen molar-refractivity contribution < 1.29 is 18.7 Å². The highest BCUT2D eigenvalue weighted by Crippen LogP contribution is 2.40. The summed E-state index contributed by atoms with van der Waals surface area (Å²) in [5.74, 6) is 0. The van der Waals surface area contributed by atoms with E-state index in [9.17, 15) is 9.46 Å². The minimum absolute atomic E-state index is 0.187. The summed E-state index contributed by atoms with van der Waals surface area (Å²) >= 11 is 0. The lowest BCUT2D eigenvalue weighted by atomic mass is 10.2. The van der Waals surface area contributed by atoms with Crippen LogP contribution in [0.2, 0.25) is 0 Å². The molecule has 1 atom stereocenters. The first kappa shape index (κ1) is 12.8. The fraction of sp³-hybridized carbons (Fsp3) is 0.200. The molecule has 0 amide bonds. The SMILES string of the molecule is COP(=O)(O)C[n+]1ccc(-c2ccncn2)cn1. The molecular weight excluding hydrogens is 255 g/mol. The first-order valence-electron chi connectivity index (χ1n) is 5.10. The first-order valence-corrected chi connectivity index (χ1v) is 6.87. The number of hydrogen-bond acceptors (Lipinski definition) is 5. The average Bonchev–Trinajstić information content (AvgIpc) is 2.40. The van der Waals surface area contributed by atoms with Crippen LogP contribution in [-0.2, 0) is 15.4 Å². The lowest BCUT2D eigenvalue weighted by molar-refractivity contribution is -0.738. The Labute approximate surface area is 104 Å². The molecule has 0 aliphatic rings. The smallest absolute Gasteiger partial charge is 0.320 e. The van der Waals surface area contributed by atoms with Crippen molar-refractivity contribution in [1.29, 1.82) is 0 Å². The Balaban J connectivity index is 2.19. The van der Waals surface area contributed by atoms with E-state index in [1.807, 2.05) is 0 Å². The summed E-state index contributed by atoms with van der Waals surface area (Å²) in [5, 5.41) is 4.03. The highest BCUT2D eigenvalue weighted by Gasteiger charge is 2.24. The van der Waals surface area contributed by atoms with Crippen molar-refractivity contribution in [2.75, 3.05) is 7.11 Å². The summed E-state index contributed by atoms with van der Waals surface area (Å²) in [6, 6.07) is 3.51. The maximum Gasteiger partial charge on any atom is 0.394 e. The van der Waals surface area contributed by atoms with Gasteiger partial charge in [0.15, 0.2) is 6.20 Å². The van der Waals surface area contributed by atoms with E-state index < -0.39 is 7.60 Å². The summed E-state index contributed by atoms with van der Waals surface area (Å²) < 4.78 is 17.2. The van der Waals surface area contributed by atoms with Crippen molar-refractivity contribution in [3.05, 3.63) is 37.1 Å². The van der Waals surface area contributed by atoms with E-state index >= 15 is 0 Å². The Morgan fingerprint density at radius 3 is 2.89 bits per heavy atom. The van der Waals surface area contributed by atoms with E-state index in [0.717, 1.165) is 11.3 Å². The fourth-order valence-electron chi connectivity index (χ4n) is 1.32. The van der Waals surface area contributed by atoms with Gasteiger partial charge in [0.25, 0.3) is 6.29 Å². The zero-order valence-corrected chi connectivity index (χ0v) is 10.6. The van der Waals surface area contributed by atoms with E-state index in [1.54, 1.807) is 30.7 Å². The van der Waals surface area contributed by atoms with E-state index in [0.29, 0.717) is 0 Å². The summed E-state index contributed by atoms with van der Waals surface area (Å²) in [6.07, 6.45) is 6.06. The second-order valence-electron chi connectivity index (χ2n) is 3.51. The van der Waals surface area contributed by atoms with Crippen LogP contribution in [0.15, 0.2) is 37.1 Å². The summed E-state index contributed by atoms with van der Waals surface area (Å²) in [4.78, 5) is 17.2. The van der Waals surface area contributed by atoms with Gasteiger partial charge in [0.05, 0.1) is 5.69 Å². The van der Waals surface area contributed by atoms with Crippen molar-refractivity contribution in [2.45, 2.75) is 6.29 Å². The molecule has 1 N–H and O–H groups in total. The molecule has 0 bridgehead atoms. The minimum atomic E-state index is -3.61. The Bertz CT molecular complexity index is 561. The first-order chi connectivity index (χ1) is 8.61. The van der Waals surface area contributed by atoms with Crippen LogP contribution >= 0.6 is 7.60 Å². The van der Waals surface area contributed by atoms with Gasteiger partial charge in [-0.05, 0) is 11.2 Å². The van der Waals surface area contributed by atoms with Gasteiger partial charge in [-0.1, -0.05) is 4.68 Å². The molecule has 2 aromatic rings. The zero-order chi connectivity index (χ0) is 13.0. The third-order valence-electron chi connectivity index (χ3n) is 2.26. The normalized spacial score (nSPS) is 14.1. The number of hydrogen-bond donors (Lipinski definition) is 1. The maximum absolute atomic E-state index is 11.4. The number of aromatic nitrogens is 4. The van der Waals surface area contributed by atoms with Crippen molar-refractivity contribution in [3.8, 4) is 11.3 Å². The second-order valence-corrected chi connectivity index (χ2v) is 5.43. The molecule has 0 spiro atoms. The minimum Gasteiger partial charge on any atom is -0.320 e. The molecule has 7 nitrogen and oxygen atoms in total. The van der Waals surface area contributed by atoms with Crippen LogP contribution in [0, 0.1) is 0 Å². The summed E-state index contributed by atoms with van der Waals surface area (Å²) in [6.45, 7) is 0. The van der Waals surface area contributed by atoms with Crippen LogP contribution in [0.1, 0.15) is 0 Å². The summed E-state index contributed by atoms with van der Waals surface area (Å²) in [5.41, 5.74) is 1.54. The van der Waals surface area contributed by atoms with Crippen LogP contribution in [0.5, 0.6) is 0 Å². The Kier molecular flexibility index (Phi) is 3.76. The molecule has 1 unspecified atom stereocenters. The molecule has 0 aliphatic heterocycles. The van der Waals surface area contributed by atoms with Gasteiger partial charge in [0.1, 0.15) is 12.5 Å². The van der Waals surface area contributed by atoms with Crippen LogP contribution in [0.4, 0.5) is 0 Å². The molecule has 94 valence electrons. The molecular formula is C10H12N4O3P+. The maximum atomic E-state index is 11.4. The topological polar surface area (TPSA) is 89.1 Å². The van der Waals surface area contributed by atoms with Gasteiger partial charge < -0.3 is 9.42 Å². The molecule has 2 aromatic heterocycles. The second kappa shape index (κ2) is 5.30. The third-order valence-corrected chi connectivity index (χ3v) is 3.48. The van der Waals surface area contributed by atoms with Gasteiger partial charge in [-0.25, -0.2) is 9.97 Å². The number of nitrogens with zero attached hydrogens (tertiary/aromatic N) is 4. The Morgan fingerprint density at radius 1 is 1.50 bits per heavy atom. The third kappa shape index (κ3) is 3.16. The van der Waals surface area contributed by atoms with Crippen LogP contribution < -0.4 is 4.68 Å². The van der Waals surface area contributed by atoms with E-state index in [4.69, 9.17) is 0 Å². The predicted molar refractivity (Wildman–Crippen MR) is 62.3 cm³/mol. The van der Waals surface area contributed by atoms with Gasteiger partial charge in [0, 0.05) is 24.9 Å². The average molecular weight is 267 g/mol. The molecule has 0 aromatic carbocycles. The van der Waals surface area contributed by atoms with E-state index in [1.165, 1.54) is 18.1 Å². The Hall–Kier alpha value is -1.69. The van der Waals surface area contributed by atoms with Gasteiger partial charge >= 0.3 is 7.60 Å². The highest BCUT2D eigenvalue weighted by atomic mass is 31.2. The Morgan fingerprint density at radius 2 is 2.33 bits per heavy atom. The molecule has 0 saturated carbocycles. The highest BCUT2D eigenvalue weighted by molar-refractivity contribution is 7.51. The van der Waals surface area contributed by atoms with Gasteiger partial charge in [-0.3, -0.25) is 4.57 Å². The molecule has 0 fully saturated rings. The lowest BCUT2D eigenvalue weighted by Gasteiger charge is -2.03. The molecule has 2 rings (SSSR count). The molecule has 18 heavy (non-hydrogen) atoms. The zero-order valence-electron chi connectivity index (χ0n) is 9.67. The van der Waals surface area contributed by atoms with Crippen molar-refractivity contribution >= 4 is 7.60 Å². The standard InChI is InChI=1S/C10H11N4O3P/c1-17-18(15,16)8-14-5-3-9(6-13-14)10-2-4-11-7-12-10/h2-7H,8H2,1H3/p+1. The fourth-order valence-corrected chi connectivity index (χ4v) is 1.97. The van der Waals surface area contributed by atoms with E-state index in [-0.39, 0.29) is 6.29 Å². The van der Waals surface area contributed by atoms with Crippen molar-refractivity contribution in [3.63, 3.8) is 0 Å². The lowest BCUT2D eigenvalue weighted by Crippen LogP contribution is -2.37. The van der Waals surface area contributed by atoms with Crippen molar-refractivity contribution in [1.82, 2.24) is 15.1 Å². The molecule has 2 heterocycles.